The van der Waals surface area contributed by atoms with Crippen molar-refractivity contribution in [2.75, 3.05) is 25.0 Å². The third-order valence-electron chi connectivity index (χ3n) is 4.42. The molecule has 2 aromatic carbocycles. The van der Waals surface area contributed by atoms with Crippen molar-refractivity contribution in [3.63, 3.8) is 0 Å². The zero-order valence-corrected chi connectivity index (χ0v) is 13.2. The van der Waals surface area contributed by atoms with E-state index in [1.807, 2.05) is 6.07 Å². The second kappa shape index (κ2) is 7.57. The van der Waals surface area contributed by atoms with E-state index in [9.17, 15) is 9.50 Å². The van der Waals surface area contributed by atoms with Gasteiger partial charge in [-0.2, -0.15) is 0 Å². The van der Waals surface area contributed by atoms with Gasteiger partial charge in [0.1, 0.15) is 5.82 Å². The molecular weight excluding hydrogens is 291 g/mol. The van der Waals surface area contributed by atoms with Crippen LogP contribution in [0.1, 0.15) is 12.0 Å². The highest BCUT2D eigenvalue weighted by Crippen LogP contribution is 2.17. The third kappa shape index (κ3) is 4.53. The van der Waals surface area contributed by atoms with Crippen LogP contribution in [0.4, 0.5) is 10.1 Å². The van der Waals surface area contributed by atoms with Crippen molar-refractivity contribution in [3.05, 3.63) is 66.0 Å². The van der Waals surface area contributed by atoms with E-state index in [1.165, 1.54) is 17.7 Å². The van der Waals surface area contributed by atoms with Crippen LogP contribution in [-0.2, 0) is 6.42 Å². The predicted octanol–water partition coefficient (Wildman–Crippen LogP) is 2.92. The summed E-state index contributed by atoms with van der Waals surface area (Å²) < 4.78 is 13.0. The number of aliphatic hydroxyl groups is 1. The Bertz CT molecular complexity index is 603. The van der Waals surface area contributed by atoms with Gasteiger partial charge in [-0.25, -0.2) is 4.39 Å². The Balaban J connectivity index is 1.55. The van der Waals surface area contributed by atoms with Gasteiger partial charge in [0.05, 0.1) is 12.1 Å². The summed E-state index contributed by atoms with van der Waals surface area (Å²) in [5.74, 6) is -0.246. The fraction of sp³-hybridized carbons (Fsp3) is 0.368. The summed E-state index contributed by atoms with van der Waals surface area (Å²) in [4.78, 5) is 2.38. The molecule has 23 heavy (non-hydrogen) atoms. The summed E-state index contributed by atoms with van der Waals surface area (Å²) in [5, 5.41) is 13.6. The lowest BCUT2D eigenvalue weighted by molar-refractivity contribution is 0.0704. The number of hydrogen-bond acceptors (Lipinski definition) is 3. The van der Waals surface area contributed by atoms with E-state index in [4.69, 9.17) is 0 Å². The molecule has 1 aliphatic heterocycles. The first-order chi connectivity index (χ1) is 11.2. The molecule has 0 amide bonds. The fourth-order valence-electron chi connectivity index (χ4n) is 3.04. The molecule has 2 N–H and O–H groups in total. The SMILES string of the molecule is O[C@H]1CCN(CCc2ccccc2)C[C@@H]1Nc1ccc(F)cc1. The van der Waals surface area contributed by atoms with Crippen molar-refractivity contribution in [2.45, 2.75) is 25.0 Å². The maximum Gasteiger partial charge on any atom is 0.123 e. The molecule has 0 spiro atoms. The fourth-order valence-corrected chi connectivity index (χ4v) is 3.04. The summed E-state index contributed by atoms with van der Waals surface area (Å²) in [5.41, 5.74) is 2.18. The first-order valence-electron chi connectivity index (χ1n) is 8.17. The smallest absolute Gasteiger partial charge is 0.123 e. The molecule has 4 heteroatoms. The second-order valence-electron chi connectivity index (χ2n) is 6.15. The van der Waals surface area contributed by atoms with Crippen LogP contribution < -0.4 is 5.32 Å². The Morgan fingerprint density at radius 1 is 1.09 bits per heavy atom. The molecule has 2 atom stereocenters. The number of halogens is 1. The van der Waals surface area contributed by atoms with Gasteiger partial charge < -0.3 is 15.3 Å². The molecule has 122 valence electrons. The van der Waals surface area contributed by atoms with Crippen LogP contribution in [0.5, 0.6) is 0 Å². The zero-order chi connectivity index (χ0) is 16.1. The average molecular weight is 314 g/mol. The van der Waals surface area contributed by atoms with E-state index in [2.05, 4.69) is 34.5 Å². The molecule has 1 aliphatic rings. The number of hydrogen-bond donors (Lipinski definition) is 2. The number of nitrogens with zero attached hydrogens (tertiary/aromatic N) is 1. The van der Waals surface area contributed by atoms with Crippen LogP contribution in [0.25, 0.3) is 0 Å². The number of anilines is 1. The van der Waals surface area contributed by atoms with Crippen molar-refractivity contribution in [1.82, 2.24) is 4.90 Å². The van der Waals surface area contributed by atoms with E-state index in [-0.39, 0.29) is 18.0 Å². The molecule has 2 aromatic rings. The molecule has 1 fully saturated rings. The molecule has 1 saturated heterocycles. The molecule has 3 rings (SSSR count). The van der Waals surface area contributed by atoms with Crippen LogP contribution in [0, 0.1) is 5.82 Å². The number of piperidine rings is 1. The van der Waals surface area contributed by atoms with E-state index in [1.54, 1.807) is 12.1 Å². The molecular formula is C19H23FN2O. The highest BCUT2D eigenvalue weighted by Gasteiger charge is 2.27. The van der Waals surface area contributed by atoms with Gasteiger partial charge in [-0.15, -0.1) is 0 Å². The Labute approximate surface area is 136 Å². The lowest BCUT2D eigenvalue weighted by Gasteiger charge is -2.37. The van der Waals surface area contributed by atoms with E-state index in [0.29, 0.717) is 0 Å². The van der Waals surface area contributed by atoms with Crippen molar-refractivity contribution < 1.29 is 9.50 Å². The molecule has 0 bridgehead atoms. The Hall–Kier alpha value is -1.91. The monoisotopic (exact) mass is 314 g/mol. The van der Waals surface area contributed by atoms with Gasteiger partial charge in [0.15, 0.2) is 0 Å². The minimum Gasteiger partial charge on any atom is -0.391 e. The molecule has 0 aromatic heterocycles. The largest absolute Gasteiger partial charge is 0.391 e. The average Bonchev–Trinajstić information content (AvgIpc) is 2.58. The van der Waals surface area contributed by atoms with Gasteiger partial charge >= 0.3 is 0 Å². The minimum atomic E-state index is -0.368. The van der Waals surface area contributed by atoms with E-state index in [0.717, 1.165) is 38.2 Å². The van der Waals surface area contributed by atoms with Crippen LogP contribution in [0.3, 0.4) is 0 Å². The quantitative estimate of drug-likeness (QED) is 0.891. The molecule has 0 radical (unpaired) electrons. The normalized spacial score (nSPS) is 22.0. The summed E-state index contributed by atoms with van der Waals surface area (Å²) in [7, 11) is 0. The Kier molecular flexibility index (Phi) is 5.26. The lowest BCUT2D eigenvalue weighted by atomic mass is 10.0. The van der Waals surface area contributed by atoms with Gasteiger partial charge in [-0.1, -0.05) is 30.3 Å². The number of rotatable bonds is 5. The van der Waals surface area contributed by atoms with Crippen LogP contribution in [-0.4, -0.2) is 41.8 Å². The van der Waals surface area contributed by atoms with Crippen LogP contribution in [0.15, 0.2) is 54.6 Å². The number of likely N-dealkylation sites (tertiary alicyclic amines) is 1. The van der Waals surface area contributed by atoms with Crippen molar-refractivity contribution in [2.24, 2.45) is 0 Å². The van der Waals surface area contributed by atoms with Gasteiger partial charge in [-0.05, 0) is 42.7 Å². The summed E-state index contributed by atoms with van der Waals surface area (Å²) in [6, 6.07) is 16.7. The topological polar surface area (TPSA) is 35.5 Å². The Morgan fingerprint density at radius 3 is 2.57 bits per heavy atom. The minimum absolute atomic E-state index is 0.0232. The van der Waals surface area contributed by atoms with Gasteiger partial charge in [0, 0.05) is 25.3 Å². The van der Waals surface area contributed by atoms with Crippen LogP contribution >= 0.6 is 0 Å². The summed E-state index contributed by atoms with van der Waals surface area (Å²) in [6.07, 6.45) is 1.40. The van der Waals surface area contributed by atoms with Crippen molar-refractivity contribution in [3.8, 4) is 0 Å². The van der Waals surface area contributed by atoms with E-state index >= 15 is 0 Å². The molecule has 0 unspecified atom stereocenters. The second-order valence-corrected chi connectivity index (χ2v) is 6.15. The van der Waals surface area contributed by atoms with Crippen LogP contribution in [0.2, 0.25) is 0 Å². The Morgan fingerprint density at radius 2 is 1.83 bits per heavy atom. The summed E-state index contributed by atoms with van der Waals surface area (Å²) >= 11 is 0. The highest BCUT2D eigenvalue weighted by molar-refractivity contribution is 5.44. The van der Waals surface area contributed by atoms with Gasteiger partial charge in [0.2, 0.25) is 0 Å². The highest BCUT2D eigenvalue weighted by atomic mass is 19.1. The van der Waals surface area contributed by atoms with Gasteiger partial charge in [0.25, 0.3) is 0 Å². The maximum atomic E-state index is 13.0. The first kappa shape index (κ1) is 16.0. The standard InChI is InChI=1S/C19H23FN2O/c20-16-6-8-17(9-7-16)21-18-14-22(13-11-19(18)23)12-10-15-4-2-1-3-5-15/h1-9,18-19,21,23H,10-14H2/t18-,19-/m0/s1. The summed E-state index contributed by atoms with van der Waals surface area (Å²) in [6.45, 7) is 2.69. The number of benzene rings is 2. The number of nitrogens with one attached hydrogen (secondary N) is 1. The molecule has 1 heterocycles. The van der Waals surface area contributed by atoms with Gasteiger partial charge in [-0.3, -0.25) is 0 Å². The van der Waals surface area contributed by atoms with E-state index < -0.39 is 0 Å². The zero-order valence-electron chi connectivity index (χ0n) is 13.2. The lowest BCUT2D eigenvalue weighted by Crippen LogP contribution is -2.50. The molecule has 3 nitrogen and oxygen atoms in total. The molecule has 0 aliphatic carbocycles. The first-order valence-corrected chi connectivity index (χ1v) is 8.17. The predicted molar refractivity (Wildman–Crippen MR) is 91.0 cm³/mol. The van der Waals surface area contributed by atoms with Crippen molar-refractivity contribution in [1.29, 1.82) is 0 Å². The maximum absolute atomic E-state index is 13.0. The third-order valence-corrected chi connectivity index (χ3v) is 4.42. The number of aliphatic hydroxyl groups excluding tert-OH is 1. The van der Waals surface area contributed by atoms with Crippen molar-refractivity contribution >= 4 is 5.69 Å². The molecule has 0 saturated carbocycles.